The van der Waals surface area contributed by atoms with Crippen LogP contribution in [0.3, 0.4) is 0 Å². The number of carbonyl (C=O) groups excluding carboxylic acids is 3. The van der Waals surface area contributed by atoms with Crippen LogP contribution in [0.5, 0.6) is 5.75 Å². The number of aliphatic hydroxyl groups excluding tert-OH is 2. The van der Waals surface area contributed by atoms with E-state index in [0.29, 0.717) is 5.56 Å². The van der Waals surface area contributed by atoms with Crippen LogP contribution in [0.1, 0.15) is 36.0 Å². The molecule has 2 aromatic rings. The maximum atomic E-state index is 14.0. The Labute approximate surface area is 243 Å². The summed E-state index contributed by atoms with van der Waals surface area (Å²) in [6.07, 6.45) is 2.72. The first-order chi connectivity index (χ1) is 19.9. The van der Waals surface area contributed by atoms with E-state index >= 15 is 0 Å². The topological polar surface area (TPSA) is 165 Å². The van der Waals surface area contributed by atoms with Crippen molar-refractivity contribution in [1.29, 1.82) is 0 Å². The average molecular weight is 574 g/mol. The van der Waals surface area contributed by atoms with Crippen LogP contribution in [0.2, 0.25) is 0 Å². The minimum Gasteiger partial charge on any atom is -0.508 e. The molecule has 6 N–H and O–H groups in total. The van der Waals surface area contributed by atoms with Crippen molar-refractivity contribution in [2.45, 2.75) is 43.9 Å². The van der Waals surface area contributed by atoms with Gasteiger partial charge >= 0.3 is 0 Å². The summed E-state index contributed by atoms with van der Waals surface area (Å²) in [7, 11) is 3.16. The molecule has 1 saturated heterocycles. The number of likely N-dealkylation sites (tertiary alicyclic amines) is 1. The number of nitrogens with two attached hydrogens (primary N) is 1. The van der Waals surface area contributed by atoms with Gasteiger partial charge in [-0.2, -0.15) is 0 Å². The molecule has 6 rings (SSSR count). The first kappa shape index (κ1) is 28.1. The molecule has 4 atom stereocenters. The van der Waals surface area contributed by atoms with Crippen molar-refractivity contribution in [3.05, 3.63) is 70.0 Å². The third-order valence-electron chi connectivity index (χ3n) is 9.47. The van der Waals surface area contributed by atoms with Crippen LogP contribution in [0.25, 0.3) is 16.9 Å². The number of hydrogen-bond acceptors (Lipinski definition) is 9. The highest BCUT2D eigenvalue weighted by atomic mass is 16.3. The monoisotopic (exact) mass is 573 g/mol. The molecular formula is C32H35N3O7. The SMILES string of the molecule is CN(C)[C@@H]1C(=O)C(C(N)=O)=C(O)[C@@]2(O)C(=O)C3=C(O)c4c(O)ccc(-c5ccc(CN6CCCC6)cc5)c4CC3CC12. The van der Waals surface area contributed by atoms with Crippen LogP contribution in [0.4, 0.5) is 0 Å². The maximum Gasteiger partial charge on any atom is 0.255 e. The van der Waals surface area contributed by atoms with E-state index in [1.165, 1.54) is 29.4 Å². The molecule has 1 saturated carbocycles. The molecule has 2 fully saturated rings. The lowest BCUT2D eigenvalue weighted by Gasteiger charge is -2.50. The van der Waals surface area contributed by atoms with Crippen molar-refractivity contribution < 1.29 is 34.8 Å². The second-order valence-electron chi connectivity index (χ2n) is 12.1. The molecule has 2 aromatic carbocycles. The van der Waals surface area contributed by atoms with E-state index in [1.807, 2.05) is 12.1 Å². The number of Topliss-reactive ketones (excluding diaryl/α,β-unsaturated/α-hetero) is 2. The number of hydrogen-bond donors (Lipinski definition) is 5. The number of carbonyl (C=O) groups is 3. The zero-order chi connectivity index (χ0) is 30.1. The Balaban J connectivity index is 1.45. The number of aliphatic hydroxyl groups is 3. The van der Waals surface area contributed by atoms with Gasteiger partial charge in [0.05, 0.1) is 11.6 Å². The number of likely N-dealkylation sites (N-methyl/N-ethyl adjacent to an activating group) is 1. The Morgan fingerprint density at radius 1 is 1.05 bits per heavy atom. The Morgan fingerprint density at radius 2 is 1.71 bits per heavy atom. The van der Waals surface area contributed by atoms with Crippen LogP contribution in [0, 0.1) is 11.8 Å². The Bertz CT molecular complexity index is 1570. The molecule has 42 heavy (non-hydrogen) atoms. The molecule has 10 nitrogen and oxygen atoms in total. The summed E-state index contributed by atoms with van der Waals surface area (Å²) in [4.78, 5) is 43.3. The standard InChI is InChI=1S/C32H35N3O7/c1-34(2)26-21-14-18-13-20-19(17-7-5-16(6-8-17)15-35-11-3-4-12-35)9-10-22(36)24(20)27(37)23(18)29(39)32(21,42)30(40)25(28(26)38)31(33)41/h5-10,18,21,26,36-37,40,42H,3-4,11-15H2,1-2H3,(H2,33,41)/t18?,21?,26-,32-/m0/s1. The van der Waals surface area contributed by atoms with Gasteiger partial charge in [0.2, 0.25) is 5.78 Å². The molecule has 0 spiro atoms. The van der Waals surface area contributed by atoms with Crippen molar-refractivity contribution in [3.63, 3.8) is 0 Å². The highest BCUT2D eigenvalue weighted by molar-refractivity contribution is 6.24. The van der Waals surface area contributed by atoms with Crippen LogP contribution >= 0.6 is 0 Å². The molecule has 1 aliphatic heterocycles. The third-order valence-corrected chi connectivity index (χ3v) is 9.47. The molecule has 1 heterocycles. The van der Waals surface area contributed by atoms with E-state index in [0.717, 1.165) is 30.8 Å². The van der Waals surface area contributed by atoms with Gasteiger partial charge < -0.3 is 26.2 Å². The van der Waals surface area contributed by atoms with E-state index in [-0.39, 0.29) is 29.7 Å². The molecule has 2 unspecified atom stereocenters. The van der Waals surface area contributed by atoms with Crippen molar-refractivity contribution in [2.75, 3.05) is 27.2 Å². The summed E-state index contributed by atoms with van der Waals surface area (Å²) in [5.74, 6) is -6.59. The van der Waals surface area contributed by atoms with Crippen molar-refractivity contribution in [2.24, 2.45) is 17.6 Å². The molecule has 4 aliphatic rings. The third kappa shape index (κ3) is 4.08. The second kappa shape index (κ2) is 10.1. The summed E-state index contributed by atoms with van der Waals surface area (Å²) in [6, 6.07) is 10.3. The lowest BCUT2D eigenvalue weighted by Crippen LogP contribution is -2.65. The number of rotatable bonds is 5. The quantitative estimate of drug-likeness (QED) is 0.337. The van der Waals surface area contributed by atoms with Gasteiger partial charge in [0.1, 0.15) is 22.8 Å². The van der Waals surface area contributed by atoms with Crippen molar-refractivity contribution in [1.82, 2.24) is 9.80 Å². The second-order valence-corrected chi connectivity index (χ2v) is 12.1. The summed E-state index contributed by atoms with van der Waals surface area (Å²) >= 11 is 0. The van der Waals surface area contributed by atoms with Crippen LogP contribution in [0.15, 0.2) is 53.3 Å². The first-order valence-electron chi connectivity index (χ1n) is 14.3. The first-order valence-corrected chi connectivity index (χ1v) is 14.3. The largest absolute Gasteiger partial charge is 0.508 e. The fourth-order valence-electron chi connectivity index (χ4n) is 7.50. The Kier molecular flexibility index (Phi) is 6.75. The van der Waals surface area contributed by atoms with E-state index in [9.17, 15) is 34.8 Å². The number of fused-ring (bicyclic) bond motifs is 3. The molecule has 10 heteroatoms. The fourth-order valence-corrected chi connectivity index (χ4v) is 7.50. The van der Waals surface area contributed by atoms with E-state index in [4.69, 9.17) is 5.73 Å². The van der Waals surface area contributed by atoms with Gasteiger partial charge in [-0.25, -0.2) is 0 Å². The smallest absolute Gasteiger partial charge is 0.255 e. The number of ketones is 2. The molecule has 0 radical (unpaired) electrons. The number of phenols is 1. The van der Waals surface area contributed by atoms with E-state index < -0.39 is 58.0 Å². The number of amides is 1. The van der Waals surface area contributed by atoms with E-state index in [1.54, 1.807) is 20.2 Å². The molecule has 0 bridgehead atoms. The van der Waals surface area contributed by atoms with Gasteiger partial charge in [0.25, 0.3) is 5.91 Å². The maximum absolute atomic E-state index is 14.0. The van der Waals surface area contributed by atoms with Gasteiger partial charge in [-0.1, -0.05) is 30.3 Å². The highest BCUT2D eigenvalue weighted by Gasteiger charge is 2.64. The Morgan fingerprint density at radius 3 is 2.33 bits per heavy atom. The number of aromatic hydroxyl groups is 1. The fraction of sp³-hybridized carbons (Fsp3) is 0.406. The predicted octanol–water partition coefficient (Wildman–Crippen LogP) is 2.23. The van der Waals surface area contributed by atoms with Gasteiger partial charge in [0.15, 0.2) is 11.4 Å². The Hall–Kier alpha value is -3.99. The summed E-state index contributed by atoms with van der Waals surface area (Å²) in [6.45, 7) is 3.06. The van der Waals surface area contributed by atoms with Crippen LogP contribution < -0.4 is 5.73 Å². The van der Waals surface area contributed by atoms with Gasteiger partial charge in [-0.05, 0) is 87.1 Å². The lowest BCUT2D eigenvalue weighted by molar-refractivity contribution is -0.153. The predicted molar refractivity (Wildman–Crippen MR) is 154 cm³/mol. The molecule has 1 amide bonds. The number of benzene rings is 2. The van der Waals surface area contributed by atoms with Crippen LogP contribution in [-0.4, -0.2) is 86.5 Å². The zero-order valence-electron chi connectivity index (χ0n) is 23.6. The molecule has 3 aliphatic carbocycles. The zero-order valence-corrected chi connectivity index (χ0v) is 23.6. The van der Waals surface area contributed by atoms with Gasteiger partial charge in [-0.15, -0.1) is 0 Å². The number of phenolic OH excluding ortho intramolecular Hbond substituents is 1. The van der Waals surface area contributed by atoms with Crippen molar-refractivity contribution >= 4 is 23.2 Å². The normalized spacial score (nSPS) is 27.8. The summed E-state index contributed by atoms with van der Waals surface area (Å²) in [5, 5.41) is 45.1. The van der Waals surface area contributed by atoms with E-state index in [2.05, 4.69) is 17.0 Å². The summed E-state index contributed by atoms with van der Waals surface area (Å²) < 4.78 is 0. The lowest BCUT2D eigenvalue weighted by atomic mass is 9.57. The molecule has 220 valence electrons. The average Bonchev–Trinajstić information content (AvgIpc) is 3.44. The molecular weight excluding hydrogens is 538 g/mol. The molecule has 0 aromatic heterocycles. The number of nitrogens with zero attached hydrogens (tertiary/aromatic N) is 2. The minimum atomic E-state index is -2.65. The highest BCUT2D eigenvalue weighted by Crippen LogP contribution is 2.53. The van der Waals surface area contributed by atoms with Gasteiger partial charge in [0, 0.05) is 18.0 Å². The summed E-state index contributed by atoms with van der Waals surface area (Å²) in [5.41, 5.74) is 5.35. The van der Waals surface area contributed by atoms with Crippen LogP contribution in [-0.2, 0) is 27.3 Å². The van der Waals surface area contributed by atoms with Crippen molar-refractivity contribution in [3.8, 4) is 16.9 Å². The minimum absolute atomic E-state index is 0.0512. The number of primary amides is 1. The van der Waals surface area contributed by atoms with Gasteiger partial charge in [-0.3, -0.25) is 24.2 Å².